The molecule has 1 aromatic rings. The fraction of sp³-hybridized carbons (Fsp3) is 0.353. The zero-order valence-corrected chi connectivity index (χ0v) is 15.2. The number of carbonyl (C=O) groups is 1. The standard InChI is InChI=1S/C17H16F4N4OS/c1-9(2)22-13(26)8-7-12-14(10-3-5-11(18)6-4-10)23-16-25(12)24-15(27-16)17(19,20)21/h3-9,12,14H,1-2H3,(H,22,26)/b8-7+. The minimum absolute atomic E-state index is 0.0809. The maximum absolute atomic E-state index is 13.2. The molecule has 0 aliphatic carbocycles. The van der Waals surface area contributed by atoms with Crippen LogP contribution in [0.2, 0.25) is 0 Å². The largest absolute Gasteiger partial charge is 0.441 e. The van der Waals surface area contributed by atoms with E-state index >= 15 is 0 Å². The number of benzene rings is 1. The van der Waals surface area contributed by atoms with E-state index in [1.54, 1.807) is 13.8 Å². The maximum atomic E-state index is 13.2. The topological polar surface area (TPSA) is 57.1 Å². The number of halogens is 4. The van der Waals surface area contributed by atoms with Crippen LogP contribution in [0.4, 0.5) is 17.6 Å². The average Bonchev–Trinajstić information content (AvgIpc) is 3.11. The molecule has 1 aromatic carbocycles. The highest BCUT2D eigenvalue weighted by Gasteiger charge is 2.48. The minimum Gasteiger partial charge on any atom is -0.350 e. The van der Waals surface area contributed by atoms with Crippen molar-refractivity contribution in [1.29, 1.82) is 0 Å². The average molecular weight is 400 g/mol. The summed E-state index contributed by atoms with van der Waals surface area (Å²) < 4.78 is 52.1. The van der Waals surface area contributed by atoms with Crippen LogP contribution in [0.15, 0.2) is 46.5 Å². The Kier molecular flexibility index (Phi) is 5.27. The third-order valence-corrected chi connectivity index (χ3v) is 4.75. The van der Waals surface area contributed by atoms with Gasteiger partial charge in [0.25, 0.3) is 0 Å². The van der Waals surface area contributed by atoms with Crippen LogP contribution < -0.4 is 5.32 Å². The number of amides is 1. The summed E-state index contributed by atoms with van der Waals surface area (Å²) in [6.07, 6.45) is -1.86. The summed E-state index contributed by atoms with van der Waals surface area (Å²) in [4.78, 5) is 16.2. The van der Waals surface area contributed by atoms with Crippen LogP contribution >= 0.6 is 11.8 Å². The molecule has 2 heterocycles. The molecule has 2 aliphatic rings. The second kappa shape index (κ2) is 7.34. The summed E-state index contributed by atoms with van der Waals surface area (Å²) in [6.45, 7) is 3.59. The molecule has 0 saturated carbocycles. The molecule has 0 radical (unpaired) electrons. The van der Waals surface area contributed by atoms with Gasteiger partial charge in [-0.15, -0.1) is 0 Å². The van der Waals surface area contributed by atoms with Crippen LogP contribution in [-0.4, -0.2) is 39.4 Å². The number of alkyl halides is 3. The summed E-state index contributed by atoms with van der Waals surface area (Å²) in [6, 6.07) is 4.12. The van der Waals surface area contributed by atoms with Gasteiger partial charge in [0, 0.05) is 12.1 Å². The molecule has 3 rings (SSSR count). The first-order chi connectivity index (χ1) is 12.6. The van der Waals surface area contributed by atoms with Crippen molar-refractivity contribution in [3.05, 3.63) is 47.8 Å². The zero-order chi connectivity index (χ0) is 19.8. The van der Waals surface area contributed by atoms with Crippen LogP contribution in [0.1, 0.15) is 25.5 Å². The quantitative estimate of drug-likeness (QED) is 0.621. The molecule has 0 fully saturated rings. The van der Waals surface area contributed by atoms with Crippen LogP contribution in [0.25, 0.3) is 0 Å². The predicted octanol–water partition coefficient (Wildman–Crippen LogP) is 3.61. The number of hydrogen-bond donors (Lipinski definition) is 1. The van der Waals surface area contributed by atoms with Crippen molar-refractivity contribution < 1.29 is 22.4 Å². The summed E-state index contributed by atoms with van der Waals surface area (Å²) in [5.74, 6) is -0.803. The van der Waals surface area contributed by atoms with E-state index in [1.165, 1.54) is 36.4 Å². The second-order valence-electron chi connectivity index (χ2n) is 6.27. The summed E-state index contributed by atoms with van der Waals surface area (Å²) >= 11 is 0.431. The molecule has 0 aromatic heterocycles. The van der Waals surface area contributed by atoms with Crippen molar-refractivity contribution in [2.45, 2.75) is 38.1 Å². The lowest BCUT2D eigenvalue weighted by molar-refractivity contribution is -0.117. The fourth-order valence-electron chi connectivity index (χ4n) is 2.65. The first kappa shape index (κ1) is 19.4. The molecule has 144 valence electrons. The smallest absolute Gasteiger partial charge is 0.350 e. The Hall–Kier alpha value is -2.36. The van der Waals surface area contributed by atoms with Crippen molar-refractivity contribution in [1.82, 2.24) is 10.3 Å². The van der Waals surface area contributed by atoms with Crippen LogP contribution in [-0.2, 0) is 4.79 Å². The fourth-order valence-corrected chi connectivity index (χ4v) is 3.49. The maximum Gasteiger partial charge on any atom is 0.441 e. The van der Waals surface area contributed by atoms with Gasteiger partial charge in [-0.3, -0.25) is 4.79 Å². The van der Waals surface area contributed by atoms with Crippen molar-refractivity contribution >= 4 is 27.9 Å². The Labute approximate surface area is 157 Å². The lowest BCUT2D eigenvalue weighted by atomic mass is 10.00. The van der Waals surface area contributed by atoms with Crippen molar-refractivity contribution in [2.75, 3.05) is 0 Å². The third kappa shape index (κ3) is 4.32. The number of fused-ring (bicyclic) bond motifs is 1. The normalized spacial score (nSPS) is 22.3. The van der Waals surface area contributed by atoms with Crippen LogP contribution in [0.5, 0.6) is 0 Å². The van der Waals surface area contributed by atoms with Crippen LogP contribution in [0, 0.1) is 5.82 Å². The summed E-state index contributed by atoms with van der Waals surface area (Å²) in [7, 11) is 0. The van der Waals surface area contributed by atoms with E-state index < -0.39 is 29.1 Å². The molecule has 10 heteroatoms. The number of nitrogens with one attached hydrogen (secondary N) is 1. The molecule has 2 aliphatic heterocycles. The van der Waals surface area contributed by atoms with Gasteiger partial charge in [-0.25, -0.2) is 14.4 Å². The minimum atomic E-state index is -4.58. The number of carbonyl (C=O) groups excluding carboxylic acids is 1. The predicted molar refractivity (Wildman–Crippen MR) is 95.7 cm³/mol. The van der Waals surface area contributed by atoms with Crippen molar-refractivity contribution in [3.8, 4) is 0 Å². The Morgan fingerprint density at radius 3 is 2.56 bits per heavy atom. The number of aliphatic imine (C=N–C) groups is 1. The number of hydrogen-bond acceptors (Lipinski definition) is 5. The number of hydrazone groups is 1. The third-order valence-electron chi connectivity index (χ3n) is 3.77. The van der Waals surface area contributed by atoms with Gasteiger partial charge in [0.05, 0.1) is 6.04 Å². The van der Waals surface area contributed by atoms with Gasteiger partial charge in [0.15, 0.2) is 5.17 Å². The zero-order valence-electron chi connectivity index (χ0n) is 14.4. The van der Waals surface area contributed by atoms with Gasteiger partial charge in [-0.2, -0.15) is 18.3 Å². The molecule has 2 atom stereocenters. The highest BCUT2D eigenvalue weighted by Crippen LogP contribution is 2.42. The number of amidine groups is 1. The Morgan fingerprint density at radius 1 is 1.30 bits per heavy atom. The number of rotatable bonds is 4. The number of nitrogens with zero attached hydrogens (tertiary/aromatic N) is 3. The van der Waals surface area contributed by atoms with Gasteiger partial charge in [0.1, 0.15) is 11.9 Å². The van der Waals surface area contributed by atoms with E-state index in [4.69, 9.17) is 0 Å². The lowest BCUT2D eigenvalue weighted by Gasteiger charge is -2.21. The Morgan fingerprint density at radius 2 is 1.96 bits per heavy atom. The first-order valence-corrected chi connectivity index (χ1v) is 8.91. The molecule has 1 N–H and O–H groups in total. The molecule has 27 heavy (non-hydrogen) atoms. The molecular formula is C17H16F4N4OS. The van der Waals surface area contributed by atoms with E-state index in [-0.39, 0.29) is 17.1 Å². The molecule has 2 unspecified atom stereocenters. The van der Waals surface area contributed by atoms with E-state index in [0.29, 0.717) is 17.3 Å². The molecule has 5 nitrogen and oxygen atoms in total. The second-order valence-corrected chi connectivity index (χ2v) is 7.23. The molecule has 0 bridgehead atoms. The van der Waals surface area contributed by atoms with Gasteiger partial charge < -0.3 is 5.32 Å². The van der Waals surface area contributed by atoms with Crippen molar-refractivity contribution in [3.63, 3.8) is 0 Å². The van der Waals surface area contributed by atoms with Gasteiger partial charge >= 0.3 is 6.18 Å². The lowest BCUT2D eigenvalue weighted by Crippen LogP contribution is -2.31. The van der Waals surface area contributed by atoms with E-state index in [9.17, 15) is 22.4 Å². The summed E-state index contributed by atoms with van der Waals surface area (Å²) in [5, 5.41) is 6.54. The molecule has 1 amide bonds. The van der Waals surface area contributed by atoms with E-state index in [1.807, 2.05) is 0 Å². The summed E-state index contributed by atoms with van der Waals surface area (Å²) in [5.41, 5.74) is 0.613. The highest BCUT2D eigenvalue weighted by molar-refractivity contribution is 8.27. The molecular weight excluding hydrogens is 384 g/mol. The molecule has 0 saturated heterocycles. The van der Waals surface area contributed by atoms with E-state index in [2.05, 4.69) is 15.4 Å². The Bertz CT molecular complexity index is 817. The van der Waals surface area contributed by atoms with E-state index in [0.717, 1.165) is 5.01 Å². The highest BCUT2D eigenvalue weighted by atomic mass is 32.2. The van der Waals surface area contributed by atoms with Gasteiger partial charge in [-0.05, 0) is 43.3 Å². The van der Waals surface area contributed by atoms with Gasteiger partial charge in [0.2, 0.25) is 11.0 Å². The van der Waals surface area contributed by atoms with Crippen molar-refractivity contribution in [2.24, 2.45) is 10.1 Å². The molecule has 0 spiro atoms. The Balaban J connectivity index is 1.90. The SMILES string of the molecule is CC(C)NC(=O)/C=C/C1C(c2ccc(F)cc2)N=C2SC(C(F)(F)F)=NN21. The first-order valence-electron chi connectivity index (χ1n) is 8.10. The van der Waals surface area contributed by atoms with Gasteiger partial charge in [-0.1, -0.05) is 18.2 Å². The van der Waals surface area contributed by atoms with Crippen LogP contribution in [0.3, 0.4) is 0 Å². The number of thioether (sulfide) groups is 1. The monoisotopic (exact) mass is 400 g/mol.